The summed E-state index contributed by atoms with van der Waals surface area (Å²) in [4.78, 5) is 12.0. The fraction of sp³-hybridized carbons (Fsp3) is 0.562. The lowest BCUT2D eigenvalue weighted by Crippen LogP contribution is -2.43. The Labute approximate surface area is 116 Å². The molecule has 1 aromatic carbocycles. The Morgan fingerprint density at radius 2 is 1.74 bits per heavy atom. The monoisotopic (exact) mass is 262 g/mol. The highest BCUT2D eigenvalue weighted by atomic mass is 16.2. The predicted molar refractivity (Wildman–Crippen MR) is 81.2 cm³/mol. The van der Waals surface area contributed by atoms with Crippen molar-refractivity contribution in [3.63, 3.8) is 0 Å². The van der Waals surface area contributed by atoms with E-state index in [1.807, 2.05) is 37.3 Å². The van der Waals surface area contributed by atoms with Gasteiger partial charge >= 0.3 is 0 Å². The van der Waals surface area contributed by atoms with Crippen molar-refractivity contribution in [1.82, 2.24) is 5.32 Å². The fourth-order valence-corrected chi connectivity index (χ4v) is 1.48. The number of para-hydroxylation sites is 1. The van der Waals surface area contributed by atoms with Crippen LogP contribution in [0.5, 0.6) is 0 Å². The zero-order chi connectivity index (χ0) is 14.5. The number of amides is 1. The van der Waals surface area contributed by atoms with Crippen LogP contribution in [0.25, 0.3) is 0 Å². The summed E-state index contributed by atoms with van der Waals surface area (Å²) in [6.45, 7) is 11.6. The molecule has 1 aromatic rings. The summed E-state index contributed by atoms with van der Waals surface area (Å²) >= 11 is 0. The second-order valence-electron chi connectivity index (χ2n) is 6.10. The Morgan fingerprint density at radius 1 is 1.16 bits per heavy atom. The van der Waals surface area contributed by atoms with Crippen molar-refractivity contribution >= 4 is 11.6 Å². The SMILES string of the molecule is CC(NCC(C)(C)C(C)C)C(=O)Nc1ccccc1. The maximum atomic E-state index is 12.0. The van der Waals surface area contributed by atoms with Crippen molar-refractivity contribution < 1.29 is 4.79 Å². The molecule has 0 spiro atoms. The highest BCUT2D eigenvalue weighted by Gasteiger charge is 2.24. The quantitative estimate of drug-likeness (QED) is 0.826. The lowest BCUT2D eigenvalue weighted by atomic mass is 9.81. The van der Waals surface area contributed by atoms with Gasteiger partial charge in [0.15, 0.2) is 0 Å². The number of hydrogen-bond acceptors (Lipinski definition) is 2. The molecule has 0 aliphatic carbocycles. The highest BCUT2D eigenvalue weighted by molar-refractivity contribution is 5.94. The van der Waals surface area contributed by atoms with Crippen LogP contribution in [0.15, 0.2) is 30.3 Å². The van der Waals surface area contributed by atoms with Crippen molar-refractivity contribution in [2.24, 2.45) is 11.3 Å². The van der Waals surface area contributed by atoms with Crippen LogP contribution in [-0.2, 0) is 4.79 Å². The van der Waals surface area contributed by atoms with E-state index in [4.69, 9.17) is 0 Å². The average molecular weight is 262 g/mol. The first-order valence-corrected chi connectivity index (χ1v) is 6.92. The van der Waals surface area contributed by atoms with E-state index in [2.05, 4.69) is 38.3 Å². The summed E-state index contributed by atoms with van der Waals surface area (Å²) in [6.07, 6.45) is 0. The molecule has 3 heteroatoms. The van der Waals surface area contributed by atoms with E-state index in [1.165, 1.54) is 0 Å². The van der Waals surface area contributed by atoms with E-state index in [1.54, 1.807) is 0 Å². The van der Waals surface area contributed by atoms with Gasteiger partial charge in [0.2, 0.25) is 5.91 Å². The topological polar surface area (TPSA) is 41.1 Å². The van der Waals surface area contributed by atoms with Crippen LogP contribution >= 0.6 is 0 Å². The van der Waals surface area contributed by atoms with E-state index >= 15 is 0 Å². The maximum absolute atomic E-state index is 12.0. The van der Waals surface area contributed by atoms with Crippen molar-refractivity contribution in [2.75, 3.05) is 11.9 Å². The largest absolute Gasteiger partial charge is 0.325 e. The number of hydrogen-bond donors (Lipinski definition) is 2. The summed E-state index contributed by atoms with van der Waals surface area (Å²) in [7, 11) is 0. The Bertz CT molecular complexity index is 398. The van der Waals surface area contributed by atoms with Gasteiger partial charge in [-0.1, -0.05) is 45.9 Å². The number of rotatable bonds is 6. The van der Waals surface area contributed by atoms with Gasteiger partial charge in [0.05, 0.1) is 6.04 Å². The first-order chi connectivity index (χ1) is 8.83. The van der Waals surface area contributed by atoms with Gasteiger partial charge in [-0.05, 0) is 30.4 Å². The zero-order valence-corrected chi connectivity index (χ0v) is 12.7. The van der Waals surface area contributed by atoms with Crippen molar-refractivity contribution in [3.8, 4) is 0 Å². The van der Waals surface area contributed by atoms with Gasteiger partial charge in [-0.3, -0.25) is 4.79 Å². The summed E-state index contributed by atoms with van der Waals surface area (Å²) in [5, 5.41) is 6.22. The van der Waals surface area contributed by atoms with Crippen LogP contribution in [0.3, 0.4) is 0 Å². The molecule has 1 amide bonds. The molecular formula is C16H26N2O. The zero-order valence-electron chi connectivity index (χ0n) is 12.7. The second-order valence-corrected chi connectivity index (χ2v) is 6.10. The summed E-state index contributed by atoms with van der Waals surface area (Å²) in [6, 6.07) is 9.34. The van der Waals surface area contributed by atoms with Gasteiger partial charge in [-0.25, -0.2) is 0 Å². The first kappa shape index (κ1) is 15.7. The molecule has 0 aliphatic rings. The van der Waals surface area contributed by atoms with Gasteiger partial charge in [0.1, 0.15) is 0 Å². The van der Waals surface area contributed by atoms with Gasteiger partial charge in [0.25, 0.3) is 0 Å². The lowest BCUT2D eigenvalue weighted by molar-refractivity contribution is -0.117. The normalized spacial score (nSPS) is 13.4. The van der Waals surface area contributed by atoms with Gasteiger partial charge in [-0.2, -0.15) is 0 Å². The number of benzene rings is 1. The molecule has 0 aromatic heterocycles. The molecule has 0 radical (unpaired) electrons. The third-order valence-electron chi connectivity index (χ3n) is 3.86. The van der Waals surface area contributed by atoms with Crippen LogP contribution in [0, 0.1) is 11.3 Å². The third-order valence-corrected chi connectivity index (χ3v) is 3.86. The van der Waals surface area contributed by atoms with Gasteiger partial charge in [0, 0.05) is 12.2 Å². The maximum Gasteiger partial charge on any atom is 0.241 e. The molecule has 0 bridgehead atoms. The van der Waals surface area contributed by atoms with E-state index in [-0.39, 0.29) is 17.4 Å². The Hall–Kier alpha value is -1.35. The number of carbonyl (C=O) groups excluding carboxylic acids is 1. The molecule has 2 N–H and O–H groups in total. The molecule has 0 aliphatic heterocycles. The fourth-order valence-electron chi connectivity index (χ4n) is 1.48. The smallest absolute Gasteiger partial charge is 0.241 e. The summed E-state index contributed by atoms with van der Waals surface area (Å²) in [5.74, 6) is 0.579. The van der Waals surface area contributed by atoms with Gasteiger partial charge in [-0.15, -0.1) is 0 Å². The molecule has 1 rings (SSSR count). The molecule has 0 heterocycles. The molecule has 1 unspecified atom stereocenters. The van der Waals surface area contributed by atoms with Crippen LogP contribution in [-0.4, -0.2) is 18.5 Å². The second kappa shape index (κ2) is 6.71. The Kier molecular flexibility index (Phi) is 5.55. The predicted octanol–water partition coefficient (Wildman–Crippen LogP) is 3.29. The standard InChI is InChI=1S/C16H26N2O/c1-12(2)16(4,5)11-17-13(3)15(19)18-14-9-7-6-8-10-14/h6-10,12-13,17H,11H2,1-5H3,(H,18,19). The van der Waals surface area contributed by atoms with Crippen LogP contribution < -0.4 is 10.6 Å². The highest BCUT2D eigenvalue weighted by Crippen LogP contribution is 2.24. The molecule has 1 atom stereocenters. The molecule has 0 fully saturated rings. The molecule has 106 valence electrons. The minimum absolute atomic E-state index is 0.00533. The van der Waals surface area contributed by atoms with Crippen molar-refractivity contribution in [3.05, 3.63) is 30.3 Å². The molecule has 0 saturated heterocycles. The Morgan fingerprint density at radius 3 is 2.26 bits per heavy atom. The number of nitrogens with one attached hydrogen (secondary N) is 2. The van der Waals surface area contributed by atoms with E-state index in [0.717, 1.165) is 12.2 Å². The van der Waals surface area contributed by atoms with E-state index in [0.29, 0.717) is 5.92 Å². The Balaban J connectivity index is 2.46. The molecule has 0 saturated carbocycles. The van der Waals surface area contributed by atoms with Crippen molar-refractivity contribution in [2.45, 2.75) is 40.7 Å². The van der Waals surface area contributed by atoms with Gasteiger partial charge < -0.3 is 10.6 Å². The number of anilines is 1. The number of carbonyl (C=O) groups is 1. The molecule has 19 heavy (non-hydrogen) atoms. The summed E-state index contributed by atoms with van der Waals surface area (Å²) in [5.41, 5.74) is 1.02. The van der Waals surface area contributed by atoms with E-state index in [9.17, 15) is 4.79 Å². The van der Waals surface area contributed by atoms with Crippen LogP contribution in [0.1, 0.15) is 34.6 Å². The summed E-state index contributed by atoms with van der Waals surface area (Å²) < 4.78 is 0. The van der Waals surface area contributed by atoms with E-state index < -0.39 is 0 Å². The minimum Gasteiger partial charge on any atom is -0.325 e. The van der Waals surface area contributed by atoms with Crippen LogP contribution in [0.2, 0.25) is 0 Å². The third kappa shape index (κ3) is 5.03. The first-order valence-electron chi connectivity index (χ1n) is 6.92. The minimum atomic E-state index is -0.196. The molecule has 3 nitrogen and oxygen atoms in total. The lowest BCUT2D eigenvalue weighted by Gasteiger charge is -2.30. The van der Waals surface area contributed by atoms with Crippen molar-refractivity contribution in [1.29, 1.82) is 0 Å². The average Bonchev–Trinajstić information content (AvgIpc) is 2.37. The molecular weight excluding hydrogens is 236 g/mol. The van der Waals surface area contributed by atoms with Crippen LogP contribution in [0.4, 0.5) is 5.69 Å².